The van der Waals surface area contributed by atoms with Gasteiger partial charge >= 0.3 is 0 Å². The third-order valence-corrected chi connectivity index (χ3v) is 7.84. The topological polar surface area (TPSA) is 57.4 Å². The lowest BCUT2D eigenvalue weighted by atomic mass is 10.1. The first kappa shape index (κ1) is 22.9. The molecule has 0 amide bonds. The van der Waals surface area contributed by atoms with Gasteiger partial charge in [-0.3, -0.25) is 4.79 Å². The molecule has 184 valence electrons. The summed E-state index contributed by atoms with van der Waals surface area (Å²) in [7, 11) is 1.96. The van der Waals surface area contributed by atoms with Crippen molar-refractivity contribution in [2.24, 2.45) is 13.0 Å². The maximum Gasteiger partial charge on any atom is 0.211 e. The second kappa shape index (κ2) is 9.84. The van der Waals surface area contributed by atoms with E-state index in [2.05, 4.69) is 27.4 Å². The average molecular weight is 500 g/mol. The quantitative estimate of drug-likeness (QED) is 0.272. The number of thiophene rings is 1. The first-order valence-corrected chi connectivity index (χ1v) is 13.3. The van der Waals surface area contributed by atoms with E-state index in [0.29, 0.717) is 24.8 Å². The summed E-state index contributed by atoms with van der Waals surface area (Å²) >= 11 is 1.66. The average Bonchev–Trinajstić information content (AvgIpc) is 3.69. The van der Waals surface area contributed by atoms with E-state index in [1.165, 1.54) is 0 Å². The van der Waals surface area contributed by atoms with E-state index in [1.807, 2.05) is 66.3 Å². The van der Waals surface area contributed by atoms with Gasteiger partial charge in [-0.1, -0.05) is 24.3 Å². The van der Waals surface area contributed by atoms with Gasteiger partial charge < -0.3 is 23.9 Å². The number of para-hydroxylation sites is 1. The Hall–Kier alpha value is -3.55. The first-order chi connectivity index (χ1) is 17.7. The largest absolute Gasteiger partial charge is 0.493 e. The van der Waals surface area contributed by atoms with Crippen molar-refractivity contribution in [2.45, 2.75) is 13.0 Å². The monoisotopic (exact) mass is 499 g/mol. The minimum Gasteiger partial charge on any atom is -0.493 e. The van der Waals surface area contributed by atoms with Crippen LogP contribution in [0.5, 0.6) is 11.5 Å². The summed E-state index contributed by atoms with van der Waals surface area (Å²) in [4.78, 5) is 13.6. The van der Waals surface area contributed by atoms with Gasteiger partial charge in [0.05, 0.1) is 29.1 Å². The van der Waals surface area contributed by atoms with Crippen molar-refractivity contribution in [1.29, 1.82) is 0 Å². The van der Waals surface area contributed by atoms with Gasteiger partial charge in [-0.25, -0.2) is 0 Å². The number of ketones is 1. The number of aromatic nitrogens is 2. The van der Waals surface area contributed by atoms with Gasteiger partial charge in [0.2, 0.25) is 5.78 Å². The molecule has 0 spiro atoms. The van der Waals surface area contributed by atoms with Gasteiger partial charge in [0.1, 0.15) is 18.1 Å². The number of carbonyl (C=O) groups is 1. The molecule has 1 aliphatic rings. The molecule has 6 nitrogen and oxygen atoms in total. The van der Waals surface area contributed by atoms with Crippen LogP contribution in [-0.2, 0) is 13.6 Å². The Morgan fingerprint density at radius 2 is 1.92 bits per heavy atom. The molecule has 0 bridgehead atoms. The van der Waals surface area contributed by atoms with Crippen LogP contribution in [0.3, 0.4) is 0 Å². The standard InChI is InChI=1S/C29H29N3O3S/c1-31-26-10-14-36-28(26)16-27(31)29(33)24-18-32(25-8-3-2-7-23(24)25)12-13-34-21-5-4-6-22(15-21)35-19-20-9-11-30-17-20/h2-8,10,14-16,18,20,30H,9,11-13,17,19H2,1H3/t20-/m1/s1. The zero-order valence-corrected chi connectivity index (χ0v) is 21.1. The van der Waals surface area contributed by atoms with E-state index in [9.17, 15) is 4.79 Å². The summed E-state index contributed by atoms with van der Waals surface area (Å²) in [5.41, 5.74) is 3.55. The van der Waals surface area contributed by atoms with E-state index < -0.39 is 0 Å². The second-order valence-corrected chi connectivity index (χ2v) is 10.3. The van der Waals surface area contributed by atoms with Crippen LogP contribution in [0.15, 0.2) is 72.2 Å². The molecule has 1 N–H and O–H groups in total. The van der Waals surface area contributed by atoms with Crippen molar-refractivity contribution in [1.82, 2.24) is 14.5 Å². The number of hydrogen-bond donors (Lipinski definition) is 1. The summed E-state index contributed by atoms with van der Waals surface area (Å²) in [5, 5.41) is 6.39. The third-order valence-electron chi connectivity index (χ3n) is 6.98. The lowest BCUT2D eigenvalue weighted by molar-refractivity contribution is 0.103. The molecule has 0 aliphatic carbocycles. The van der Waals surface area contributed by atoms with Crippen molar-refractivity contribution < 1.29 is 14.3 Å². The number of fused-ring (bicyclic) bond motifs is 2. The van der Waals surface area contributed by atoms with E-state index in [-0.39, 0.29) is 5.78 Å². The minimum atomic E-state index is 0.0408. The number of rotatable bonds is 9. The van der Waals surface area contributed by atoms with Crippen molar-refractivity contribution in [3.8, 4) is 11.5 Å². The smallest absolute Gasteiger partial charge is 0.211 e. The zero-order chi connectivity index (χ0) is 24.5. The van der Waals surface area contributed by atoms with Gasteiger partial charge in [-0.2, -0.15) is 0 Å². The number of ether oxygens (including phenoxy) is 2. The predicted octanol–water partition coefficient (Wildman–Crippen LogP) is 5.49. The van der Waals surface area contributed by atoms with Crippen LogP contribution < -0.4 is 14.8 Å². The fourth-order valence-corrected chi connectivity index (χ4v) is 5.85. The molecule has 4 heterocycles. The first-order valence-electron chi connectivity index (χ1n) is 12.4. The Bertz CT molecular complexity index is 1520. The molecule has 1 saturated heterocycles. The van der Waals surface area contributed by atoms with Crippen molar-refractivity contribution in [3.63, 3.8) is 0 Å². The number of hydrogen-bond acceptors (Lipinski definition) is 5. The summed E-state index contributed by atoms with van der Waals surface area (Å²) in [6.45, 7) is 3.94. The van der Waals surface area contributed by atoms with Crippen LogP contribution in [0, 0.1) is 5.92 Å². The number of nitrogens with one attached hydrogen (secondary N) is 1. The highest BCUT2D eigenvalue weighted by molar-refractivity contribution is 7.17. The molecule has 0 saturated carbocycles. The molecular weight excluding hydrogens is 470 g/mol. The maximum atomic E-state index is 13.6. The van der Waals surface area contributed by atoms with Gasteiger partial charge in [0, 0.05) is 48.2 Å². The van der Waals surface area contributed by atoms with E-state index in [1.54, 1.807) is 11.3 Å². The number of nitrogens with zero attached hydrogens (tertiary/aromatic N) is 2. The normalized spacial score (nSPS) is 15.6. The minimum absolute atomic E-state index is 0.0408. The molecule has 6 rings (SSSR count). The fraction of sp³-hybridized carbons (Fsp3) is 0.276. The van der Waals surface area contributed by atoms with Crippen LogP contribution in [0.2, 0.25) is 0 Å². The maximum absolute atomic E-state index is 13.6. The van der Waals surface area contributed by atoms with Gasteiger partial charge in [0.15, 0.2) is 0 Å². The predicted molar refractivity (Wildman–Crippen MR) is 145 cm³/mol. The Morgan fingerprint density at radius 1 is 1.06 bits per heavy atom. The van der Waals surface area contributed by atoms with Crippen molar-refractivity contribution in [3.05, 3.63) is 83.5 Å². The van der Waals surface area contributed by atoms with Crippen LogP contribution in [0.25, 0.3) is 21.1 Å². The van der Waals surface area contributed by atoms with Gasteiger partial charge in [-0.15, -0.1) is 11.3 Å². The van der Waals surface area contributed by atoms with Crippen molar-refractivity contribution >= 4 is 38.2 Å². The molecule has 2 aromatic carbocycles. The number of carbonyl (C=O) groups excluding carboxylic acids is 1. The summed E-state index contributed by atoms with van der Waals surface area (Å²) < 4.78 is 17.3. The van der Waals surface area contributed by atoms with E-state index in [0.717, 1.165) is 64.3 Å². The van der Waals surface area contributed by atoms with Crippen LogP contribution in [0.1, 0.15) is 22.5 Å². The van der Waals surface area contributed by atoms with E-state index in [4.69, 9.17) is 9.47 Å². The molecule has 36 heavy (non-hydrogen) atoms. The molecule has 7 heteroatoms. The molecule has 1 aliphatic heterocycles. The summed E-state index contributed by atoms with van der Waals surface area (Å²) in [6.07, 6.45) is 3.13. The Morgan fingerprint density at radius 3 is 2.75 bits per heavy atom. The van der Waals surface area contributed by atoms with E-state index >= 15 is 0 Å². The molecule has 5 aromatic rings. The summed E-state index contributed by atoms with van der Waals surface area (Å²) in [5.74, 6) is 2.23. The molecule has 0 unspecified atom stereocenters. The highest BCUT2D eigenvalue weighted by atomic mass is 32.1. The molecule has 3 aromatic heterocycles. The lowest BCUT2D eigenvalue weighted by Crippen LogP contribution is -2.15. The molecule has 1 fully saturated rings. The van der Waals surface area contributed by atoms with Crippen molar-refractivity contribution in [2.75, 3.05) is 26.3 Å². The lowest BCUT2D eigenvalue weighted by Gasteiger charge is -2.13. The molecular formula is C29H29N3O3S. The third kappa shape index (κ3) is 4.40. The SMILES string of the molecule is Cn1c(C(=O)c2cn(CCOc3cccc(OC[C@@H]4CCNC4)c3)c3ccccc23)cc2sccc21. The van der Waals surface area contributed by atoms with Gasteiger partial charge in [-0.05, 0) is 48.7 Å². The number of benzene rings is 2. The fourth-order valence-electron chi connectivity index (χ4n) is 5.01. The highest BCUT2D eigenvalue weighted by Crippen LogP contribution is 2.29. The van der Waals surface area contributed by atoms with Crippen LogP contribution in [-0.4, -0.2) is 41.2 Å². The molecule has 1 atom stereocenters. The second-order valence-electron chi connectivity index (χ2n) is 9.33. The summed E-state index contributed by atoms with van der Waals surface area (Å²) in [6, 6.07) is 20.0. The number of aryl methyl sites for hydroxylation is 1. The Labute approximate surface area is 214 Å². The zero-order valence-electron chi connectivity index (χ0n) is 20.3. The Kier molecular flexibility index (Phi) is 6.25. The Balaban J connectivity index is 1.17. The van der Waals surface area contributed by atoms with Crippen LogP contribution in [0.4, 0.5) is 0 Å². The van der Waals surface area contributed by atoms with Gasteiger partial charge in [0.25, 0.3) is 0 Å². The highest BCUT2D eigenvalue weighted by Gasteiger charge is 2.21. The molecule has 0 radical (unpaired) electrons. The van der Waals surface area contributed by atoms with Crippen LogP contribution >= 0.6 is 11.3 Å².